The van der Waals surface area contributed by atoms with E-state index in [0.29, 0.717) is 17.9 Å². The molecule has 0 aliphatic carbocycles. The maximum Gasteiger partial charge on any atom is 0.338 e. The summed E-state index contributed by atoms with van der Waals surface area (Å²) in [5, 5.41) is 11.6. The molecule has 4 rings (SSSR count). The first kappa shape index (κ1) is 26.7. The molecular formula is C28H25ClN2O7. The third-order valence-electron chi connectivity index (χ3n) is 5.94. The number of esters is 1. The van der Waals surface area contributed by atoms with Crippen molar-refractivity contribution in [2.75, 3.05) is 25.7 Å². The van der Waals surface area contributed by atoms with Crippen LogP contribution in [0.4, 0.5) is 5.69 Å². The summed E-state index contributed by atoms with van der Waals surface area (Å²) in [6, 6.07) is 13.0. The van der Waals surface area contributed by atoms with Gasteiger partial charge in [0, 0.05) is 18.0 Å². The zero-order chi connectivity index (χ0) is 27.4. The van der Waals surface area contributed by atoms with Crippen LogP contribution in [0.2, 0.25) is 5.02 Å². The summed E-state index contributed by atoms with van der Waals surface area (Å²) in [5.41, 5.74) is 0.667. The highest BCUT2D eigenvalue weighted by Crippen LogP contribution is 2.44. The molecule has 10 heteroatoms. The minimum Gasteiger partial charge on any atom is -0.507 e. The average Bonchev–Trinajstić information content (AvgIpc) is 3.21. The predicted octanol–water partition coefficient (Wildman–Crippen LogP) is 4.95. The number of halogens is 1. The lowest BCUT2D eigenvalue weighted by Crippen LogP contribution is -2.30. The van der Waals surface area contributed by atoms with Crippen LogP contribution < -0.4 is 14.4 Å². The van der Waals surface area contributed by atoms with Gasteiger partial charge in [0.05, 0.1) is 48.2 Å². The molecule has 1 N–H and O–H groups in total. The molecule has 196 valence electrons. The summed E-state index contributed by atoms with van der Waals surface area (Å²) in [5.74, 6) is -2.42. The van der Waals surface area contributed by atoms with Crippen molar-refractivity contribution in [3.8, 4) is 11.5 Å². The normalized spacial score (nSPS) is 16.4. The van der Waals surface area contributed by atoms with Gasteiger partial charge in [-0.2, -0.15) is 0 Å². The molecule has 0 bridgehead atoms. The number of nitrogens with zero attached hydrogens (tertiary/aromatic N) is 2. The second-order valence-electron chi connectivity index (χ2n) is 8.30. The summed E-state index contributed by atoms with van der Waals surface area (Å²) in [4.78, 5) is 44.9. The molecule has 0 spiro atoms. The van der Waals surface area contributed by atoms with Crippen molar-refractivity contribution in [2.24, 2.45) is 0 Å². The lowest BCUT2D eigenvalue weighted by atomic mass is 9.97. The van der Waals surface area contributed by atoms with E-state index in [2.05, 4.69) is 4.98 Å². The molecule has 1 aromatic heterocycles. The van der Waals surface area contributed by atoms with Gasteiger partial charge in [-0.3, -0.25) is 19.5 Å². The Labute approximate surface area is 224 Å². The fraction of sp³-hybridized carbons (Fsp3) is 0.214. The van der Waals surface area contributed by atoms with Crippen molar-refractivity contribution in [3.05, 3.63) is 88.2 Å². The average molecular weight is 537 g/mol. The Morgan fingerprint density at radius 3 is 2.47 bits per heavy atom. The van der Waals surface area contributed by atoms with Crippen molar-refractivity contribution in [2.45, 2.75) is 19.4 Å². The summed E-state index contributed by atoms with van der Waals surface area (Å²) >= 11 is 6.30. The summed E-state index contributed by atoms with van der Waals surface area (Å²) in [7, 11) is 2.82. The molecule has 1 atom stereocenters. The molecule has 1 aliphatic rings. The van der Waals surface area contributed by atoms with E-state index in [9.17, 15) is 19.5 Å². The highest BCUT2D eigenvalue weighted by Gasteiger charge is 2.48. The fourth-order valence-corrected chi connectivity index (χ4v) is 4.41. The number of ether oxygens (including phenoxy) is 3. The van der Waals surface area contributed by atoms with Crippen molar-refractivity contribution in [1.29, 1.82) is 0 Å². The summed E-state index contributed by atoms with van der Waals surface area (Å²) in [6.07, 6.45) is 2.16. The van der Waals surface area contributed by atoms with Crippen LogP contribution in [0.3, 0.4) is 0 Å². The Morgan fingerprint density at radius 1 is 1.05 bits per heavy atom. The van der Waals surface area contributed by atoms with Gasteiger partial charge in [-0.05, 0) is 42.8 Å². The number of carbonyl (C=O) groups excluding carboxylic acids is 3. The van der Waals surface area contributed by atoms with Crippen LogP contribution in [0.15, 0.2) is 66.4 Å². The third kappa shape index (κ3) is 4.92. The van der Waals surface area contributed by atoms with E-state index >= 15 is 0 Å². The van der Waals surface area contributed by atoms with Crippen molar-refractivity contribution in [3.63, 3.8) is 0 Å². The molecule has 0 saturated carbocycles. The van der Waals surface area contributed by atoms with Gasteiger partial charge in [0.1, 0.15) is 23.3 Å². The number of rotatable bonds is 8. The van der Waals surface area contributed by atoms with E-state index in [1.807, 2.05) is 6.92 Å². The molecule has 1 aliphatic heterocycles. The lowest BCUT2D eigenvalue weighted by molar-refractivity contribution is -0.132. The van der Waals surface area contributed by atoms with Gasteiger partial charge in [-0.1, -0.05) is 30.7 Å². The van der Waals surface area contributed by atoms with E-state index in [4.69, 9.17) is 25.8 Å². The van der Waals surface area contributed by atoms with E-state index < -0.39 is 29.5 Å². The number of aromatic nitrogens is 1. The largest absolute Gasteiger partial charge is 0.507 e. The van der Waals surface area contributed by atoms with E-state index in [1.54, 1.807) is 36.4 Å². The first-order valence-corrected chi connectivity index (χ1v) is 12.1. The number of anilines is 1. The topological polar surface area (TPSA) is 115 Å². The summed E-state index contributed by atoms with van der Waals surface area (Å²) in [6.45, 7) is 2.12. The quantitative estimate of drug-likeness (QED) is 0.186. The second kappa shape index (κ2) is 11.4. The van der Waals surface area contributed by atoms with Crippen LogP contribution in [-0.2, 0) is 14.3 Å². The molecule has 0 radical (unpaired) electrons. The van der Waals surface area contributed by atoms with Gasteiger partial charge >= 0.3 is 5.97 Å². The number of amides is 1. The molecule has 1 amide bonds. The van der Waals surface area contributed by atoms with Crippen LogP contribution in [0.1, 0.15) is 41.0 Å². The predicted molar refractivity (Wildman–Crippen MR) is 141 cm³/mol. The highest BCUT2D eigenvalue weighted by molar-refractivity contribution is 6.51. The van der Waals surface area contributed by atoms with Crippen LogP contribution in [-0.4, -0.2) is 48.6 Å². The molecule has 3 aromatic rings. The minimum atomic E-state index is -1.11. The standard InChI is InChI=1S/C28H25ClN2O7/c1-4-12-38-28(35)16-8-7-9-17(13-16)31-24(20-10-5-6-11-30-20)23(26(33)27(31)34)25(32)18-14-19(29)22(37-3)15-21(18)36-2/h5-11,13-15,24,32H,4,12H2,1-3H3/b25-23+. The number of aliphatic hydroxyl groups excluding tert-OH is 1. The lowest BCUT2D eigenvalue weighted by Gasteiger charge is -2.25. The maximum atomic E-state index is 13.4. The van der Waals surface area contributed by atoms with Gasteiger partial charge in [0.15, 0.2) is 0 Å². The Kier molecular flexibility index (Phi) is 7.97. The van der Waals surface area contributed by atoms with E-state index in [1.165, 1.54) is 43.5 Å². The zero-order valence-corrected chi connectivity index (χ0v) is 21.7. The number of carbonyl (C=O) groups is 3. The monoisotopic (exact) mass is 536 g/mol. The second-order valence-corrected chi connectivity index (χ2v) is 8.70. The number of aliphatic hydroxyl groups is 1. The first-order chi connectivity index (χ1) is 18.3. The Bertz CT molecular complexity index is 1420. The van der Waals surface area contributed by atoms with Gasteiger partial charge < -0.3 is 19.3 Å². The molecule has 1 fully saturated rings. The number of methoxy groups -OCH3 is 2. The van der Waals surface area contributed by atoms with Crippen molar-refractivity contribution in [1.82, 2.24) is 4.98 Å². The van der Waals surface area contributed by atoms with Gasteiger partial charge in [-0.25, -0.2) is 4.79 Å². The van der Waals surface area contributed by atoms with Crippen LogP contribution in [0.25, 0.3) is 5.76 Å². The number of hydrogen-bond donors (Lipinski definition) is 1. The summed E-state index contributed by atoms with van der Waals surface area (Å²) < 4.78 is 15.8. The van der Waals surface area contributed by atoms with Crippen LogP contribution in [0, 0.1) is 0 Å². The molecule has 1 saturated heterocycles. The molecule has 1 unspecified atom stereocenters. The third-order valence-corrected chi connectivity index (χ3v) is 6.23. The van der Waals surface area contributed by atoms with Gasteiger partial charge in [0.25, 0.3) is 11.7 Å². The van der Waals surface area contributed by atoms with Crippen LogP contribution >= 0.6 is 11.6 Å². The van der Waals surface area contributed by atoms with Crippen molar-refractivity contribution < 1.29 is 33.7 Å². The Balaban J connectivity index is 1.91. The minimum absolute atomic E-state index is 0.0918. The van der Waals surface area contributed by atoms with E-state index in [0.717, 1.165) is 0 Å². The number of hydrogen-bond acceptors (Lipinski definition) is 8. The Morgan fingerprint density at radius 2 is 1.82 bits per heavy atom. The van der Waals surface area contributed by atoms with Gasteiger partial charge in [0.2, 0.25) is 0 Å². The van der Waals surface area contributed by atoms with Crippen LogP contribution in [0.5, 0.6) is 11.5 Å². The molecule has 2 aromatic carbocycles. The van der Waals surface area contributed by atoms with E-state index in [-0.39, 0.29) is 39.8 Å². The fourth-order valence-electron chi connectivity index (χ4n) is 4.17. The zero-order valence-electron chi connectivity index (χ0n) is 20.9. The smallest absolute Gasteiger partial charge is 0.338 e. The molecule has 38 heavy (non-hydrogen) atoms. The SMILES string of the molecule is CCCOC(=O)c1cccc(N2C(=O)C(=O)/C(=C(/O)c3cc(Cl)c(OC)cc3OC)C2c2ccccn2)c1. The maximum absolute atomic E-state index is 13.4. The highest BCUT2D eigenvalue weighted by atomic mass is 35.5. The number of ketones is 1. The molecular weight excluding hydrogens is 512 g/mol. The molecule has 2 heterocycles. The Hall–Kier alpha value is -4.37. The molecule has 9 nitrogen and oxygen atoms in total. The number of pyridine rings is 1. The first-order valence-electron chi connectivity index (χ1n) is 11.7. The number of benzene rings is 2. The van der Waals surface area contributed by atoms with Gasteiger partial charge in [-0.15, -0.1) is 0 Å². The van der Waals surface area contributed by atoms with Crippen molar-refractivity contribution >= 4 is 40.7 Å². The number of Topliss-reactive ketones (excluding diaryl/α,β-unsaturated/α-hetero) is 1.